The SMILES string of the molecule is CCCCOc1ccc(S(=O)(=O)c2cnc3ccc(C(=O)OCC)cc3c2N2CCC(N3CCC(CO)CC3)CC2)cc1. The minimum atomic E-state index is -3.95. The Labute approximate surface area is 254 Å². The van der Waals surface area contributed by atoms with E-state index in [4.69, 9.17) is 9.47 Å². The summed E-state index contributed by atoms with van der Waals surface area (Å²) in [4.78, 5) is 22.2. The smallest absolute Gasteiger partial charge is 0.338 e. The first-order valence-corrected chi connectivity index (χ1v) is 17.0. The lowest BCUT2D eigenvalue weighted by Gasteiger charge is -2.42. The van der Waals surface area contributed by atoms with E-state index in [-0.39, 0.29) is 23.0 Å². The molecular formula is C33H43N3O6S. The summed E-state index contributed by atoms with van der Waals surface area (Å²) in [5, 5.41) is 10.2. The third-order valence-corrected chi connectivity index (χ3v) is 10.5. The highest BCUT2D eigenvalue weighted by Crippen LogP contribution is 2.38. The van der Waals surface area contributed by atoms with E-state index in [2.05, 4.69) is 21.7 Å². The standard InChI is InChI=1S/C33H43N3O6S/c1-3-5-20-42-27-7-9-28(10-8-27)43(39,40)31-22-34-30-11-6-25(33(38)41-4-2)21-29(30)32(31)36-18-14-26(15-19-36)35-16-12-24(23-37)13-17-35/h6-11,21-22,24,26,37H,3-5,12-20,23H2,1-2H3. The number of pyridine rings is 1. The molecule has 0 atom stereocenters. The molecule has 0 unspecified atom stereocenters. The van der Waals surface area contributed by atoms with Crippen LogP contribution in [0.15, 0.2) is 58.5 Å². The maximum absolute atomic E-state index is 14.2. The van der Waals surface area contributed by atoms with Crippen molar-refractivity contribution in [3.05, 3.63) is 54.2 Å². The van der Waals surface area contributed by atoms with Crippen molar-refractivity contribution in [3.63, 3.8) is 0 Å². The quantitative estimate of drug-likeness (QED) is 0.235. The summed E-state index contributed by atoms with van der Waals surface area (Å²) in [6, 6.07) is 12.1. The van der Waals surface area contributed by atoms with Crippen molar-refractivity contribution in [2.24, 2.45) is 5.92 Å². The van der Waals surface area contributed by atoms with Crippen LogP contribution in [0.3, 0.4) is 0 Å². The molecule has 0 radical (unpaired) electrons. The molecule has 43 heavy (non-hydrogen) atoms. The van der Waals surface area contributed by atoms with Crippen LogP contribution in [-0.2, 0) is 14.6 Å². The molecule has 0 saturated carbocycles. The molecule has 2 aliphatic heterocycles. The predicted molar refractivity (Wildman–Crippen MR) is 167 cm³/mol. The number of benzene rings is 2. The second kappa shape index (κ2) is 14.1. The van der Waals surface area contributed by atoms with Gasteiger partial charge in [0, 0.05) is 37.3 Å². The Kier molecular flexibility index (Phi) is 10.2. The Balaban J connectivity index is 1.49. The Bertz CT molecular complexity index is 1500. The number of anilines is 1. The van der Waals surface area contributed by atoms with E-state index < -0.39 is 15.8 Å². The first-order valence-electron chi connectivity index (χ1n) is 15.5. The summed E-state index contributed by atoms with van der Waals surface area (Å²) in [6.45, 7) is 8.25. The van der Waals surface area contributed by atoms with Crippen molar-refractivity contribution in [3.8, 4) is 5.75 Å². The fraction of sp³-hybridized carbons (Fsp3) is 0.515. The summed E-state index contributed by atoms with van der Waals surface area (Å²) in [6.07, 6.45) is 7.21. The summed E-state index contributed by atoms with van der Waals surface area (Å²) in [7, 11) is -3.95. The number of likely N-dealkylation sites (tertiary alicyclic amines) is 1. The van der Waals surface area contributed by atoms with Crippen molar-refractivity contribution < 1.29 is 27.8 Å². The van der Waals surface area contributed by atoms with Crippen molar-refractivity contribution in [1.29, 1.82) is 0 Å². The van der Waals surface area contributed by atoms with Crippen molar-refractivity contribution in [1.82, 2.24) is 9.88 Å². The Morgan fingerprint density at radius 2 is 1.72 bits per heavy atom. The summed E-state index contributed by atoms with van der Waals surface area (Å²) < 4.78 is 39.4. The molecule has 2 aliphatic rings. The first-order chi connectivity index (χ1) is 20.8. The van der Waals surface area contributed by atoms with Crippen LogP contribution in [0.25, 0.3) is 10.9 Å². The molecule has 0 spiro atoms. The number of rotatable bonds is 11. The van der Waals surface area contributed by atoms with Crippen molar-refractivity contribution in [2.45, 2.75) is 68.2 Å². The first kappa shape index (κ1) is 31.2. The van der Waals surface area contributed by atoms with E-state index in [0.717, 1.165) is 51.6 Å². The molecule has 0 amide bonds. The average molecular weight is 610 g/mol. The van der Waals surface area contributed by atoms with Crippen LogP contribution in [0.1, 0.15) is 62.7 Å². The number of ether oxygens (including phenoxy) is 2. The average Bonchev–Trinajstić information content (AvgIpc) is 3.04. The number of unbranched alkanes of at least 4 members (excludes halogenated alkanes) is 1. The summed E-state index contributed by atoms with van der Waals surface area (Å²) in [5.74, 6) is 0.568. The van der Waals surface area contributed by atoms with Crippen LogP contribution >= 0.6 is 0 Å². The molecule has 1 N–H and O–H groups in total. The molecule has 0 bridgehead atoms. The molecule has 2 aromatic carbocycles. The van der Waals surface area contributed by atoms with Gasteiger partial charge in [0.1, 0.15) is 10.6 Å². The largest absolute Gasteiger partial charge is 0.494 e. The van der Waals surface area contributed by atoms with Gasteiger partial charge in [-0.3, -0.25) is 4.98 Å². The Morgan fingerprint density at radius 1 is 1.00 bits per heavy atom. The molecule has 0 aliphatic carbocycles. The lowest BCUT2D eigenvalue weighted by molar-refractivity contribution is 0.0526. The topological polar surface area (TPSA) is 109 Å². The fourth-order valence-corrected chi connectivity index (χ4v) is 7.59. The molecule has 232 valence electrons. The van der Waals surface area contributed by atoms with Gasteiger partial charge in [0.25, 0.3) is 0 Å². The van der Waals surface area contributed by atoms with Gasteiger partial charge < -0.3 is 24.4 Å². The number of aliphatic hydroxyl groups is 1. The molecule has 3 heterocycles. The Hall–Kier alpha value is -3.21. The molecule has 5 rings (SSSR count). The number of esters is 1. The van der Waals surface area contributed by atoms with Gasteiger partial charge in [-0.25, -0.2) is 13.2 Å². The number of fused-ring (bicyclic) bond motifs is 1. The second-order valence-corrected chi connectivity index (χ2v) is 13.4. The number of hydrogen-bond donors (Lipinski definition) is 1. The van der Waals surface area contributed by atoms with Gasteiger partial charge in [-0.1, -0.05) is 13.3 Å². The van der Waals surface area contributed by atoms with Gasteiger partial charge >= 0.3 is 5.97 Å². The summed E-state index contributed by atoms with van der Waals surface area (Å²) in [5.41, 5.74) is 1.56. The number of piperidine rings is 2. The highest BCUT2D eigenvalue weighted by molar-refractivity contribution is 7.91. The molecule has 3 aromatic rings. The van der Waals surface area contributed by atoms with Gasteiger partial charge in [-0.05, 0) is 100 Å². The highest BCUT2D eigenvalue weighted by Gasteiger charge is 2.32. The van der Waals surface area contributed by atoms with Gasteiger partial charge in [0.15, 0.2) is 0 Å². The van der Waals surface area contributed by atoms with Crippen LogP contribution in [0.2, 0.25) is 0 Å². The lowest BCUT2D eigenvalue weighted by Crippen LogP contribution is -2.48. The van der Waals surface area contributed by atoms with E-state index in [1.807, 2.05) is 0 Å². The van der Waals surface area contributed by atoms with E-state index in [1.54, 1.807) is 49.4 Å². The molecule has 2 fully saturated rings. The third kappa shape index (κ3) is 6.97. The van der Waals surface area contributed by atoms with E-state index in [0.29, 0.717) is 59.6 Å². The van der Waals surface area contributed by atoms with Gasteiger partial charge in [-0.15, -0.1) is 0 Å². The van der Waals surface area contributed by atoms with Gasteiger partial charge in [0.2, 0.25) is 9.84 Å². The van der Waals surface area contributed by atoms with E-state index in [1.165, 1.54) is 6.20 Å². The van der Waals surface area contributed by atoms with Gasteiger partial charge in [-0.2, -0.15) is 0 Å². The van der Waals surface area contributed by atoms with Gasteiger partial charge in [0.05, 0.1) is 34.9 Å². The zero-order valence-electron chi connectivity index (χ0n) is 25.2. The molecular weight excluding hydrogens is 566 g/mol. The normalized spacial score (nSPS) is 17.3. The number of hydrogen-bond acceptors (Lipinski definition) is 9. The zero-order chi connectivity index (χ0) is 30.4. The van der Waals surface area contributed by atoms with E-state index >= 15 is 0 Å². The third-order valence-electron chi connectivity index (χ3n) is 8.71. The Morgan fingerprint density at radius 3 is 2.37 bits per heavy atom. The lowest BCUT2D eigenvalue weighted by atomic mass is 9.94. The number of sulfone groups is 1. The monoisotopic (exact) mass is 609 g/mol. The zero-order valence-corrected chi connectivity index (χ0v) is 26.0. The molecule has 1 aromatic heterocycles. The van der Waals surface area contributed by atoms with Crippen LogP contribution in [-0.4, -0.2) is 81.4 Å². The van der Waals surface area contributed by atoms with Crippen LogP contribution in [0, 0.1) is 5.92 Å². The van der Waals surface area contributed by atoms with Crippen molar-refractivity contribution >= 4 is 32.4 Å². The number of aromatic nitrogens is 1. The fourth-order valence-electron chi connectivity index (χ4n) is 6.16. The maximum atomic E-state index is 14.2. The minimum Gasteiger partial charge on any atom is -0.494 e. The number of nitrogens with zero attached hydrogens (tertiary/aromatic N) is 3. The van der Waals surface area contributed by atoms with Crippen LogP contribution < -0.4 is 9.64 Å². The minimum absolute atomic E-state index is 0.128. The van der Waals surface area contributed by atoms with Crippen LogP contribution in [0.5, 0.6) is 5.75 Å². The molecule has 10 heteroatoms. The molecule has 2 saturated heterocycles. The van der Waals surface area contributed by atoms with Crippen molar-refractivity contribution in [2.75, 3.05) is 50.9 Å². The van der Waals surface area contributed by atoms with Crippen LogP contribution in [0.4, 0.5) is 5.69 Å². The highest BCUT2D eigenvalue weighted by atomic mass is 32.2. The second-order valence-electron chi connectivity index (χ2n) is 11.5. The van der Waals surface area contributed by atoms with E-state index in [9.17, 15) is 18.3 Å². The summed E-state index contributed by atoms with van der Waals surface area (Å²) >= 11 is 0. The molecule has 9 nitrogen and oxygen atoms in total. The number of carbonyl (C=O) groups excluding carboxylic acids is 1. The number of aliphatic hydroxyl groups excluding tert-OH is 1. The number of carbonyl (C=O) groups is 1. The maximum Gasteiger partial charge on any atom is 0.338 e. The predicted octanol–water partition coefficient (Wildman–Crippen LogP) is 5.10.